The van der Waals surface area contributed by atoms with E-state index in [1.165, 1.54) is 0 Å². The van der Waals surface area contributed by atoms with E-state index in [0.717, 1.165) is 22.4 Å². The summed E-state index contributed by atoms with van der Waals surface area (Å²) in [5, 5.41) is 5.46. The highest BCUT2D eigenvalue weighted by Gasteiger charge is 2.07. The molecule has 2 aromatic carbocycles. The number of benzene rings is 2. The first kappa shape index (κ1) is 18.5. The largest absolute Gasteiger partial charge is 0.497 e. The van der Waals surface area contributed by atoms with Crippen molar-refractivity contribution in [1.29, 1.82) is 0 Å². The molecule has 0 radical (unpaired) electrons. The third kappa shape index (κ3) is 6.30. The minimum absolute atomic E-state index is 0.0111. The summed E-state index contributed by atoms with van der Waals surface area (Å²) < 4.78 is 5.17. The van der Waals surface area contributed by atoms with Crippen LogP contribution in [0.25, 0.3) is 0 Å². The number of ether oxygens (including phenoxy) is 1. The van der Waals surface area contributed by atoms with Gasteiger partial charge in [-0.3, -0.25) is 9.59 Å². The number of nitrogens with one attached hydrogen (secondary N) is 2. The van der Waals surface area contributed by atoms with Gasteiger partial charge in [0.2, 0.25) is 11.8 Å². The summed E-state index contributed by atoms with van der Waals surface area (Å²) >= 11 is 0. The lowest BCUT2D eigenvalue weighted by molar-refractivity contribution is -0.125. The van der Waals surface area contributed by atoms with Crippen molar-refractivity contribution in [3.63, 3.8) is 0 Å². The fraction of sp³-hybridized carbons (Fsp3) is 0.300. The lowest BCUT2D eigenvalue weighted by Gasteiger charge is -2.09. The Morgan fingerprint density at radius 2 is 1.80 bits per heavy atom. The predicted molar refractivity (Wildman–Crippen MR) is 97.6 cm³/mol. The molecule has 0 saturated heterocycles. The Kier molecular flexibility index (Phi) is 7.01. The second kappa shape index (κ2) is 9.47. The first-order valence-corrected chi connectivity index (χ1v) is 8.29. The monoisotopic (exact) mass is 340 g/mol. The van der Waals surface area contributed by atoms with Gasteiger partial charge in [0, 0.05) is 6.54 Å². The van der Waals surface area contributed by atoms with Gasteiger partial charge in [-0.05, 0) is 42.2 Å². The van der Waals surface area contributed by atoms with Gasteiger partial charge in [0.05, 0.1) is 20.1 Å². The van der Waals surface area contributed by atoms with Gasteiger partial charge in [-0.2, -0.15) is 0 Å². The summed E-state index contributed by atoms with van der Waals surface area (Å²) in [4.78, 5) is 23.8. The maximum absolute atomic E-state index is 11.9. The van der Waals surface area contributed by atoms with Crippen LogP contribution in [-0.4, -0.2) is 32.0 Å². The lowest BCUT2D eigenvalue weighted by Crippen LogP contribution is -2.38. The van der Waals surface area contributed by atoms with E-state index >= 15 is 0 Å². The van der Waals surface area contributed by atoms with Gasteiger partial charge in [0.1, 0.15) is 5.75 Å². The average Bonchev–Trinajstić information content (AvgIpc) is 2.62. The second-order valence-corrected chi connectivity index (χ2v) is 5.83. The van der Waals surface area contributed by atoms with Crippen molar-refractivity contribution in [2.75, 3.05) is 20.2 Å². The quantitative estimate of drug-likeness (QED) is 0.773. The van der Waals surface area contributed by atoms with Gasteiger partial charge in [0.15, 0.2) is 0 Å². The standard InChI is InChI=1S/C20H24N2O3/c1-15-6-3-4-8-17(15)13-19(23)22-14-20(24)21-11-10-16-7-5-9-18(12-16)25-2/h3-9,12H,10-11,13-14H2,1-2H3,(H,21,24)(H,22,23). The third-order valence-electron chi connectivity index (χ3n) is 3.93. The summed E-state index contributed by atoms with van der Waals surface area (Å²) in [6.45, 7) is 2.47. The smallest absolute Gasteiger partial charge is 0.239 e. The maximum Gasteiger partial charge on any atom is 0.239 e. The van der Waals surface area contributed by atoms with Crippen LogP contribution in [0.4, 0.5) is 0 Å². The molecule has 0 aliphatic carbocycles. The van der Waals surface area contributed by atoms with Crippen LogP contribution >= 0.6 is 0 Å². The summed E-state index contributed by atoms with van der Waals surface area (Å²) in [6, 6.07) is 15.5. The average molecular weight is 340 g/mol. The highest BCUT2D eigenvalue weighted by Crippen LogP contribution is 2.12. The normalized spacial score (nSPS) is 10.2. The van der Waals surface area contributed by atoms with Crippen molar-refractivity contribution >= 4 is 11.8 Å². The number of hydrogen-bond acceptors (Lipinski definition) is 3. The van der Waals surface area contributed by atoms with Gasteiger partial charge >= 0.3 is 0 Å². The van der Waals surface area contributed by atoms with E-state index in [-0.39, 0.29) is 24.8 Å². The Labute approximate surface area is 148 Å². The number of carbonyl (C=O) groups excluding carboxylic acids is 2. The van der Waals surface area contributed by atoms with E-state index in [1.807, 2.05) is 55.5 Å². The molecule has 0 aliphatic rings. The maximum atomic E-state index is 11.9. The predicted octanol–water partition coefficient (Wildman–Crippen LogP) is 2.02. The molecule has 0 bridgehead atoms. The van der Waals surface area contributed by atoms with Crippen LogP contribution in [0.3, 0.4) is 0 Å². The zero-order valence-corrected chi connectivity index (χ0v) is 14.7. The number of methoxy groups -OCH3 is 1. The van der Waals surface area contributed by atoms with Crippen molar-refractivity contribution in [2.24, 2.45) is 0 Å². The molecule has 0 unspecified atom stereocenters. The second-order valence-electron chi connectivity index (χ2n) is 5.83. The van der Waals surface area contributed by atoms with Crippen molar-refractivity contribution in [2.45, 2.75) is 19.8 Å². The molecule has 25 heavy (non-hydrogen) atoms. The van der Waals surface area contributed by atoms with Crippen molar-refractivity contribution in [1.82, 2.24) is 10.6 Å². The Morgan fingerprint density at radius 3 is 2.56 bits per heavy atom. The molecular weight excluding hydrogens is 316 g/mol. The minimum Gasteiger partial charge on any atom is -0.497 e. The fourth-order valence-corrected chi connectivity index (χ4v) is 2.46. The highest BCUT2D eigenvalue weighted by atomic mass is 16.5. The number of rotatable bonds is 8. The fourth-order valence-electron chi connectivity index (χ4n) is 2.46. The molecule has 0 aliphatic heterocycles. The molecule has 5 heteroatoms. The molecule has 2 N–H and O–H groups in total. The molecular formula is C20H24N2O3. The minimum atomic E-state index is -0.193. The topological polar surface area (TPSA) is 67.4 Å². The van der Waals surface area contributed by atoms with Crippen LogP contribution in [-0.2, 0) is 22.4 Å². The molecule has 0 spiro atoms. The number of carbonyl (C=O) groups is 2. The van der Waals surface area contributed by atoms with E-state index in [9.17, 15) is 9.59 Å². The van der Waals surface area contributed by atoms with Gasteiger partial charge in [0.25, 0.3) is 0 Å². The summed E-state index contributed by atoms with van der Waals surface area (Å²) in [7, 11) is 1.63. The van der Waals surface area contributed by atoms with Crippen molar-refractivity contribution < 1.29 is 14.3 Å². The van der Waals surface area contributed by atoms with E-state index in [4.69, 9.17) is 4.74 Å². The van der Waals surface area contributed by atoms with E-state index in [1.54, 1.807) is 7.11 Å². The SMILES string of the molecule is COc1cccc(CCNC(=O)CNC(=O)Cc2ccccc2C)c1. The Balaban J connectivity index is 1.68. The van der Waals surface area contributed by atoms with Crippen LogP contribution in [0.2, 0.25) is 0 Å². The molecule has 2 rings (SSSR count). The number of hydrogen-bond donors (Lipinski definition) is 2. The Bertz CT molecular complexity index is 728. The first-order valence-electron chi connectivity index (χ1n) is 8.29. The molecule has 0 fully saturated rings. The van der Waals surface area contributed by atoms with Gasteiger partial charge in [-0.1, -0.05) is 36.4 Å². The zero-order valence-electron chi connectivity index (χ0n) is 14.7. The molecule has 0 aromatic heterocycles. The van der Waals surface area contributed by atoms with Gasteiger partial charge in [-0.25, -0.2) is 0 Å². The molecule has 132 valence electrons. The Morgan fingerprint density at radius 1 is 1.00 bits per heavy atom. The van der Waals surface area contributed by atoms with Crippen molar-refractivity contribution in [3.05, 3.63) is 65.2 Å². The molecule has 2 aromatic rings. The molecule has 0 atom stereocenters. The van der Waals surface area contributed by atoms with E-state index in [0.29, 0.717) is 13.0 Å². The summed E-state index contributed by atoms with van der Waals surface area (Å²) in [5.41, 5.74) is 3.13. The van der Waals surface area contributed by atoms with Gasteiger partial charge < -0.3 is 15.4 Å². The summed E-state index contributed by atoms with van der Waals surface area (Å²) in [5.74, 6) is 0.450. The molecule has 0 saturated carbocycles. The van der Waals surface area contributed by atoms with E-state index < -0.39 is 0 Å². The van der Waals surface area contributed by atoms with E-state index in [2.05, 4.69) is 10.6 Å². The van der Waals surface area contributed by atoms with Crippen molar-refractivity contribution in [3.8, 4) is 5.75 Å². The third-order valence-corrected chi connectivity index (χ3v) is 3.93. The Hall–Kier alpha value is -2.82. The highest BCUT2D eigenvalue weighted by molar-refractivity contribution is 5.85. The van der Waals surface area contributed by atoms with Crippen LogP contribution in [0.15, 0.2) is 48.5 Å². The molecule has 5 nitrogen and oxygen atoms in total. The molecule has 2 amide bonds. The first-order chi connectivity index (χ1) is 12.1. The van der Waals surface area contributed by atoms with Crippen LogP contribution in [0.5, 0.6) is 5.75 Å². The molecule has 0 heterocycles. The summed E-state index contributed by atoms with van der Waals surface area (Å²) in [6.07, 6.45) is 0.990. The zero-order chi connectivity index (χ0) is 18.1. The van der Waals surface area contributed by atoms with Crippen LogP contribution < -0.4 is 15.4 Å². The van der Waals surface area contributed by atoms with Crippen LogP contribution in [0, 0.1) is 6.92 Å². The number of aryl methyl sites for hydroxylation is 1. The van der Waals surface area contributed by atoms with Gasteiger partial charge in [-0.15, -0.1) is 0 Å². The van der Waals surface area contributed by atoms with Crippen LogP contribution in [0.1, 0.15) is 16.7 Å². The number of amides is 2. The lowest BCUT2D eigenvalue weighted by atomic mass is 10.1.